The Morgan fingerprint density at radius 1 is 1.35 bits per heavy atom. The minimum absolute atomic E-state index is 0.0658. The van der Waals surface area contributed by atoms with Gasteiger partial charge in [-0.1, -0.05) is 18.9 Å². The van der Waals surface area contributed by atoms with E-state index in [-0.39, 0.29) is 5.91 Å². The predicted octanol–water partition coefficient (Wildman–Crippen LogP) is 2.57. The smallest absolute Gasteiger partial charge is 0.297 e. The van der Waals surface area contributed by atoms with Crippen LogP contribution in [0.4, 0.5) is 6.01 Å². The Kier molecular flexibility index (Phi) is 3.34. The summed E-state index contributed by atoms with van der Waals surface area (Å²) in [5.74, 6) is -0.0658. The summed E-state index contributed by atoms with van der Waals surface area (Å²) >= 11 is 0. The summed E-state index contributed by atoms with van der Waals surface area (Å²) in [6, 6.07) is 6.30. The summed E-state index contributed by atoms with van der Waals surface area (Å²) in [7, 11) is 3.73. The van der Waals surface area contributed by atoms with Gasteiger partial charge in [-0.25, -0.2) is 0 Å². The first kappa shape index (κ1) is 13.0. The molecule has 106 valence electrons. The van der Waals surface area contributed by atoms with Crippen LogP contribution < -0.4 is 10.2 Å². The number of carbonyl (C=O) groups excluding carboxylic acids is 1. The van der Waals surface area contributed by atoms with E-state index in [1.165, 1.54) is 12.8 Å². The normalized spacial score (nSPS) is 15.7. The van der Waals surface area contributed by atoms with Crippen molar-refractivity contribution in [2.45, 2.75) is 31.7 Å². The molecule has 2 aromatic rings. The highest BCUT2D eigenvalue weighted by atomic mass is 16.4. The average molecular weight is 273 g/mol. The monoisotopic (exact) mass is 273 g/mol. The number of rotatable bonds is 3. The van der Waals surface area contributed by atoms with E-state index in [1.807, 2.05) is 26.2 Å². The summed E-state index contributed by atoms with van der Waals surface area (Å²) in [6.45, 7) is 0. The number of aromatic nitrogens is 1. The molecule has 5 heteroatoms. The van der Waals surface area contributed by atoms with Crippen molar-refractivity contribution in [2.75, 3.05) is 19.0 Å². The molecule has 1 fully saturated rings. The van der Waals surface area contributed by atoms with Crippen molar-refractivity contribution < 1.29 is 9.21 Å². The number of nitrogens with one attached hydrogen (secondary N) is 1. The van der Waals surface area contributed by atoms with E-state index in [2.05, 4.69) is 10.3 Å². The number of carbonyl (C=O) groups is 1. The molecule has 1 amide bonds. The molecule has 1 aliphatic carbocycles. The van der Waals surface area contributed by atoms with Crippen molar-refractivity contribution >= 4 is 23.0 Å². The van der Waals surface area contributed by atoms with Gasteiger partial charge < -0.3 is 14.6 Å². The van der Waals surface area contributed by atoms with Crippen LogP contribution in [-0.4, -0.2) is 31.0 Å². The van der Waals surface area contributed by atoms with Crippen LogP contribution in [0.3, 0.4) is 0 Å². The SMILES string of the molecule is CN(C)c1nc2cccc(C(=O)NC3CCCC3)c2o1. The van der Waals surface area contributed by atoms with Crippen LogP contribution >= 0.6 is 0 Å². The van der Waals surface area contributed by atoms with Crippen molar-refractivity contribution in [1.82, 2.24) is 10.3 Å². The van der Waals surface area contributed by atoms with E-state index in [1.54, 1.807) is 11.0 Å². The molecule has 0 aliphatic heterocycles. The highest BCUT2D eigenvalue weighted by molar-refractivity contribution is 6.04. The molecular formula is C15H19N3O2. The first-order chi connectivity index (χ1) is 9.65. The molecule has 1 aliphatic rings. The van der Waals surface area contributed by atoms with Gasteiger partial charge in [-0.3, -0.25) is 4.79 Å². The number of fused-ring (bicyclic) bond motifs is 1. The Labute approximate surface area is 118 Å². The molecule has 3 rings (SSSR count). The Balaban J connectivity index is 1.91. The van der Waals surface area contributed by atoms with E-state index in [0.29, 0.717) is 28.7 Å². The van der Waals surface area contributed by atoms with Crippen molar-refractivity contribution in [2.24, 2.45) is 0 Å². The zero-order valence-electron chi connectivity index (χ0n) is 11.8. The predicted molar refractivity (Wildman–Crippen MR) is 78.1 cm³/mol. The molecule has 0 radical (unpaired) electrons. The summed E-state index contributed by atoms with van der Waals surface area (Å²) in [5.41, 5.74) is 1.84. The zero-order valence-corrected chi connectivity index (χ0v) is 11.8. The minimum Gasteiger partial charge on any atom is -0.423 e. The summed E-state index contributed by atoms with van der Waals surface area (Å²) in [5, 5.41) is 3.09. The number of amides is 1. The van der Waals surface area contributed by atoms with E-state index < -0.39 is 0 Å². The second kappa shape index (κ2) is 5.15. The molecule has 0 saturated heterocycles. The van der Waals surface area contributed by atoms with Gasteiger partial charge in [-0.15, -0.1) is 0 Å². The lowest BCUT2D eigenvalue weighted by Crippen LogP contribution is -2.32. The molecule has 1 heterocycles. The fraction of sp³-hybridized carbons (Fsp3) is 0.467. The summed E-state index contributed by atoms with van der Waals surface area (Å²) < 4.78 is 5.70. The maximum Gasteiger partial charge on any atom is 0.297 e. The van der Waals surface area contributed by atoms with Gasteiger partial charge in [-0.05, 0) is 25.0 Å². The number of para-hydroxylation sites is 1. The molecule has 20 heavy (non-hydrogen) atoms. The number of hydrogen-bond acceptors (Lipinski definition) is 4. The molecule has 0 unspecified atom stereocenters. The highest BCUT2D eigenvalue weighted by Gasteiger charge is 2.21. The van der Waals surface area contributed by atoms with Gasteiger partial charge in [0.2, 0.25) is 0 Å². The van der Waals surface area contributed by atoms with Gasteiger partial charge in [0.15, 0.2) is 5.58 Å². The van der Waals surface area contributed by atoms with E-state index >= 15 is 0 Å². The van der Waals surface area contributed by atoms with Crippen LogP contribution in [-0.2, 0) is 0 Å². The van der Waals surface area contributed by atoms with Crippen LogP contribution in [0.15, 0.2) is 22.6 Å². The molecule has 1 aromatic carbocycles. The Morgan fingerprint density at radius 3 is 2.80 bits per heavy atom. The van der Waals surface area contributed by atoms with Crippen LogP contribution in [0.2, 0.25) is 0 Å². The number of nitrogens with zero attached hydrogens (tertiary/aromatic N) is 2. The first-order valence-electron chi connectivity index (χ1n) is 7.03. The number of anilines is 1. The zero-order chi connectivity index (χ0) is 14.1. The van der Waals surface area contributed by atoms with Gasteiger partial charge >= 0.3 is 0 Å². The topological polar surface area (TPSA) is 58.4 Å². The molecule has 1 saturated carbocycles. The largest absolute Gasteiger partial charge is 0.423 e. The van der Waals surface area contributed by atoms with Crippen molar-refractivity contribution in [3.8, 4) is 0 Å². The van der Waals surface area contributed by atoms with Gasteiger partial charge in [0.25, 0.3) is 11.9 Å². The van der Waals surface area contributed by atoms with Gasteiger partial charge in [-0.2, -0.15) is 4.98 Å². The molecular weight excluding hydrogens is 254 g/mol. The standard InChI is InChI=1S/C15H19N3O2/c1-18(2)15-17-12-9-5-8-11(13(12)20-15)14(19)16-10-6-3-4-7-10/h5,8-10H,3-4,6-7H2,1-2H3,(H,16,19). The second-order valence-electron chi connectivity index (χ2n) is 5.50. The quantitative estimate of drug-likeness (QED) is 0.933. The number of benzene rings is 1. The van der Waals surface area contributed by atoms with Crippen molar-refractivity contribution in [1.29, 1.82) is 0 Å². The second-order valence-corrected chi connectivity index (χ2v) is 5.50. The highest BCUT2D eigenvalue weighted by Crippen LogP contribution is 2.25. The molecule has 0 bridgehead atoms. The van der Waals surface area contributed by atoms with Crippen LogP contribution in [0.1, 0.15) is 36.0 Å². The Morgan fingerprint density at radius 2 is 2.10 bits per heavy atom. The van der Waals surface area contributed by atoms with E-state index in [4.69, 9.17) is 4.42 Å². The van der Waals surface area contributed by atoms with E-state index in [0.717, 1.165) is 12.8 Å². The molecule has 0 spiro atoms. The van der Waals surface area contributed by atoms with Gasteiger partial charge in [0, 0.05) is 20.1 Å². The third-order valence-electron chi connectivity index (χ3n) is 3.72. The minimum atomic E-state index is -0.0658. The average Bonchev–Trinajstić information content (AvgIpc) is 3.05. The summed E-state index contributed by atoms with van der Waals surface area (Å²) in [4.78, 5) is 18.5. The fourth-order valence-electron chi connectivity index (χ4n) is 2.64. The molecule has 1 aromatic heterocycles. The maximum atomic E-state index is 12.4. The van der Waals surface area contributed by atoms with Gasteiger partial charge in [0.1, 0.15) is 5.52 Å². The number of oxazole rings is 1. The Hall–Kier alpha value is -2.04. The lowest BCUT2D eigenvalue weighted by atomic mass is 10.1. The third-order valence-corrected chi connectivity index (χ3v) is 3.72. The van der Waals surface area contributed by atoms with Crippen LogP contribution in [0, 0.1) is 0 Å². The molecule has 0 atom stereocenters. The van der Waals surface area contributed by atoms with Gasteiger partial charge in [0.05, 0.1) is 5.56 Å². The molecule has 1 N–H and O–H groups in total. The van der Waals surface area contributed by atoms with Crippen molar-refractivity contribution in [3.63, 3.8) is 0 Å². The number of hydrogen-bond donors (Lipinski definition) is 1. The summed E-state index contributed by atoms with van der Waals surface area (Å²) in [6.07, 6.45) is 4.53. The van der Waals surface area contributed by atoms with Crippen LogP contribution in [0.5, 0.6) is 0 Å². The van der Waals surface area contributed by atoms with E-state index in [9.17, 15) is 4.79 Å². The lowest BCUT2D eigenvalue weighted by Gasteiger charge is -2.11. The third kappa shape index (κ3) is 2.35. The first-order valence-corrected chi connectivity index (χ1v) is 7.03. The maximum absolute atomic E-state index is 12.4. The fourth-order valence-corrected chi connectivity index (χ4v) is 2.64. The lowest BCUT2D eigenvalue weighted by molar-refractivity contribution is 0.0938. The van der Waals surface area contributed by atoms with Crippen LogP contribution in [0.25, 0.3) is 11.1 Å². The Bertz CT molecular complexity index is 627. The molecule has 5 nitrogen and oxygen atoms in total. The van der Waals surface area contributed by atoms with Crippen molar-refractivity contribution in [3.05, 3.63) is 23.8 Å².